The van der Waals surface area contributed by atoms with E-state index in [1.807, 2.05) is 29.8 Å². The number of hydrogen-bond acceptors (Lipinski definition) is 5. The van der Waals surface area contributed by atoms with Gasteiger partial charge in [0.25, 0.3) is 0 Å². The number of pyridine rings is 1. The van der Waals surface area contributed by atoms with E-state index in [0.717, 1.165) is 33.5 Å². The van der Waals surface area contributed by atoms with Gasteiger partial charge in [0.05, 0.1) is 30.3 Å². The number of benzene rings is 1. The van der Waals surface area contributed by atoms with Crippen molar-refractivity contribution in [2.24, 2.45) is 7.05 Å². The maximum absolute atomic E-state index is 4.76. The number of imidazole rings is 1. The minimum atomic E-state index is 0.637. The van der Waals surface area contributed by atoms with E-state index < -0.39 is 0 Å². The van der Waals surface area contributed by atoms with Crippen molar-refractivity contribution in [2.75, 3.05) is 0 Å². The van der Waals surface area contributed by atoms with E-state index in [9.17, 15) is 0 Å². The summed E-state index contributed by atoms with van der Waals surface area (Å²) in [4.78, 5) is 18.0. The number of fused-ring (bicyclic) bond motifs is 2. The molecule has 5 rings (SSSR count). The van der Waals surface area contributed by atoms with Crippen LogP contribution in [0.15, 0.2) is 61.3 Å². The number of rotatable bonds is 3. The molecule has 7 heteroatoms. The van der Waals surface area contributed by atoms with Crippen LogP contribution in [0.2, 0.25) is 0 Å². The highest BCUT2D eigenvalue weighted by Gasteiger charge is 2.11. The second kappa shape index (κ2) is 5.73. The van der Waals surface area contributed by atoms with E-state index in [4.69, 9.17) is 4.98 Å². The lowest BCUT2D eigenvalue weighted by Crippen LogP contribution is -2.02. The van der Waals surface area contributed by atoms with Gasteiger partial charge in [0, 0.05) is 24.8 Å². The highest BCUT2D eigenvalue weighted by atomic mass is 15.3. The number of nitrogens with zero attached hydrogens (tertiary/aromatic N) is 7. The summed E-state index contributed by atoms with van der Waals surface area (Å²) < 4.78 is 3.80. The summed E-state index contributed by atoms with van der Waals surface area (Å²) in [6, 6.07) is 12.2. The number of aryl methyl sites for hydroxylation is 1. The maximum Gasteiger partial charge on any atom is 0.197 e. The average molecular weight is 341 g/mol. The van der Waals surface area contributed by atoms with Gasteiger partial charge in [-0.15, -0.1) is 0 Å². The van der Waals surface area contributed by atoms with Crippen LogP contribution in [0.1, 0.15) is 5.56 Å². The Morgan fingerprint density at radius 1 is 1.00 bits per heavy atom. The molecule has 0 saturated carbocycles. The summed E-state index contributed by atoms with van der Waals surface area (Å²) in [5, 5.41) is 5.32. The summed E-state index contributed by atoms with van der Waals surface area (Å²) in [5.41, 5.74) is 5.25. The second-order valence-electron chi connectivity index (χ2n) is 6.15. The van der Waals surface area contributed by atoms with E-state index in [-0.39, 0.29) is 0 Å². The van der Waals surface area contributed by atoms with Gasteiger partial charge < -0.3 is 4.57 Å². The maximum atomic E-state index is 4.76. The fraction of sp³-hybridized carbons (Fsp3) is 0.105. The zero-order valence-electron chi connectivity index (χ0n) is 14.1. The second-order valence-corrected chi connectivity index (χ2v) is 6.15. The van der Waals surface area contributed by atoms with Crippen LogP contribution >= 0.6 is 0 Å². The third-order valence-electron chi connectivity index (χ3n) is 4.43. The van der Waals surface area contributed by atoms with Crippen LogP contribution in [0.4, 0.5) is 0 Å². The van der Waals surface area contributed by atoms with E-state index in [2.05, 4.69) is 38.2 Å². The molecule has 0 bridgehead atoms. The third kappa shape index (κ3) is 2.41. The summed E-state index contributed by atoms with van der Waals surface area (Å²) in [6.45, 7) is 0.671. The lowest BCUT2D eigenvalue weighted by atomic mass is 10.1. The molecule has 0 amide bonds. The molecule has 0 N–H and O–H groups in total. The molecule has 0 fully saturated rings. The van der Waals surface area contributed by atoms with Crippen LogP contribution in [0.25, 0.3) is 33.6 Å². The van der Waals surface area contributed by atoms with Crippen LogP contribution in [-0.2, 0) is 13.6 Å². The van der Waals surface area contributed by atoms with Gasteiger partial charge in [-0.25, -0.2) is 15.0 Å². The Morgan fingerprint density at radius 3 is 2.85 bits per heavy atom. The normalized spacial score (nSPS) is 11.4. The van der Waals surface area contributed by atoms with Crippen molar-refractivity contribution in [1.29, 1.82) is 0 Å². The van der Waals surface area contributed by atoms with Crippen molar-refractivity contribution >= 4 is 22.2 Å². The molecule has 0 aliphatic carbocycles. The Kier molecular flexibility index (Phi) is 3.24. The molecule has 0 radical (unpaired) electrons. The van der Waals surface area contributed by atoms with E-state index in [0.29, 0.717) is 12.2 Å². The molecule has 5 aromatic rings. The Hall–Kier alpha value is -3.61. The molecule has 0 unspecified atom stereocenters. The smallest absolute Gasteiger partial charge is 0.197 e. The molecule has 0 aliphatic heterocycles. The molecule has 0 aliphatic rings. The lowest BCUT2D eigenvalue weighted by molar-refractivity contribution is 0.772. The fourth-order valence-corrected chi connectivity index (χ4v) is 3.12. The largest absolute Gasteiger partial charge is 0.309 e. The van der Waals surface area contributed by atoms with Crippen molar-refractivity contribution < 1.29 is 0 Å². The molecule has 0 spiro atoms. The molecule has 4 aromatic heterocycles. The molecule has 4 heterocycles. The van der Waals surface area contributed by atoms with Crippen molar-refractivity contribution in [2.45, 2.75) is 6.54 Å². The van der Waals surface area contributed by atoms with Gasteiger partial charge in [-0.2, -0.15) is 5.10 Å². The summed E-state index contributed by atoms with van der Waals surface area (Å²) in [7, 11) is 1.89. The summed E-state index contributed by atoms with van der Waals surface area (Å²) in [5.74, 6) is 0. The van der Waals surface area contributed by atoms with Crippen LogP contribution < -0.4 is 0 Å². The van der Waals surface area contributed by atoms with E-state index in [1.165, 1.54) is 0 Å². The Bertz CT molecular complexity index is 1240. The van der Waals surface area contributed by atoms with E-state index in [1.54, 1.807) is 29.6 Å². The van der Waals surface area contributed by atoms with E-state index >= 15 is 0 Å². The SMILES string of the molecule is Cn1nccc1-c1cnc2ncn(Cc3ccc4ncccc4c3)c2n1. The zero-order chi connectivity index (χ0) is 17.5. The van der Waals surface area contributed by atoms with Gasteiger partial charge in [-0.1, -0.05) is 12.1 Å². The molecule has 1 aromatic carbocycles. The molecule has 7 nitrogen and oxygen atoms in total. The average Bonchev–Trinajstić information content (AvgIpc) is 3.27. The quantitative estimate of drug-likeness (QED) is 0.504. The lowest BCUT2D eigenvalue weighted by Gasteiger charge is -2.06. The first-order valence-corrected chi connectivity index (χ1v) is 8.28. The molecule has 26 heavy (non-hydrogen) atoms. The van der Waals surface area contributed by atoms with Crippen molar-refractivity contribution in [3.8, 4) is 11.4 Å². The fourth-order valence-electron chi connectivity index (χ4n) is 3.12. The summed E-state index contributed by atoms with van der Waals surface area (Å²) in [6.07, 6.45) is 7.08. The minimum Gasteiger partial charge on any atom is -0.309 e. The van der Waals surface area contributed by atoms with Crippen LogP contribution in [0.5, 0.6) is 0 Å². The number of hydrogen-bond donors (Lipinski definition) is 0. The van der Waals surface area contributed by atoms with Gasteiger partial charge >= 0.3 is 0 Å². The highest BCUT2D eigenvalue weighted by Crippen LogP contribution is 2.19. The van der Waals surface area contributed by atoms with Gasteiger partial charge in [0.15, 0.2) is 11.3 Å². The summed E-state index contributed by atoms with van der Waals surface area (Å²) >= 11 is 0. The number of aromatic nitrogens is 7. The monoisotopic (exact) mass is 341 g/mol. The standard InChI is InChI=1S/C19H15N7/c1-25-17(6-8-23-25)16-10-21-18-19(24-16)26(12-22-18)11-13-4-5-15-14(9-13)3-2-7-20-15/h2-10,12H,11H2,1H3. The first kappa shape index (κ1) is 14.7. The van der Waals surface area contributed by atoms with Crippen LogP contribution in [0.3, 0.4) is 0 Å². The highest BCUT2D eigenvalue weighted by molar-refractivity contribution is 5.79. The van der Waals surface area contributed by atoms with Gasteiger partial charge in [-0.05, 0) is 29.8 Å². The molecule has 0 atom stereocenters. The predicted molar refractivity (Wildman–Crippen MR) is 98.4 cm³/mol. The van der Waals surface area contributed by atoms with Crippen molar-refractivity contribution in [1.82, 2.24) is 34.3 Å². The Morgan fingerprint density at radius 2 is 1.96 bits per heavy atom. The third-order valence-corrected chi connectivity index (χ3v) is 4.43. The van der Waals surface area contributed by atoms with Gasteiger partial charge in [0.1, 0.15) is 5.69 Å². The van der Waals surface area contributed by atoms with Gasteiger partial charge in [0.2, 0.25) is 0 Å². The predicted octanol–water partition coefficient (Wildman–Crippen LogP) is 2.82. The van der Waals surface area contributed by atoms with Gasteiger partial charge in [-0.3, -0.25) is 9.67 Å². The van der Waals surface area contributed by atoms with Crippen LogP contribution in [-0.4, -0.2) is 34.3 Å². The zero-order valence-corrected chi connectivity index (χ0v) is 14.1. The molecular weight excluding hydrogens is 326 g/mol. The Labute approximate surface area is 149 Å². The van der Waals surface area contributed by atoms with Crippen molar-refractivity contribution in [3.05, 3.63) is 66.9 Å². The molecule has 0 saturated heterocycles. The Balaban J connectivity index is 1.56. The molecule has 126 valence electrons. The minimum absolute atomic E-state index is 0.637. The first-order valence-electron chi connectivity index (χ1n) is 8.28. The molecular formula is C19H15N7. The topological polar surface area (TPSA) is 74.3 Å². The first-order chi connectivity index (χ1) is 12.8. The van der Waals surface area contributed by atoms with Crippen LogP contribution in [0, 0.1) is 0 Å². The van der Waals surface area contributed by atoms with Crippen molar-refractivity contribution in [3.63, 3.8) is 0 Å².